The summed E-state index contributed by atoms with van der Waals surface area (Å²) in [6, 6.07) is 4.24. The zero-order valence-electron chi connectivity index (χ0n) is 11.6. The molecule has 0 atom stereocenters. The van der Waals surface area contributed by atoms with Gasteiger partial charge in [-0.2, -0.15) is 5.26 Å². The van der Waals surface area contributed by atoms with Crippen LogP contribution in [0.25, 0.3) is 0 Å². The molecule has 0 fully saturated rings. The smallest absolute Gasteiger partial charge is 0.132 e. The van der Waals surface area contributed by atoms with E-state index in [-0.39, 0.29) is 0 Å². The van der Waals surface area contributed by atoms with Gasteiger partial charge in [0.2, 0.25) is 0 Å². The quantitative estimate of drug-likeness (QED) is 0.742. The minimum Gasteiger partial charge on any atom is -0.355 e. The van der Waals surface area contributed by atoms with Crippen LogP contribution in [0.5, 0.6) is 0 Å². The van der Waals surface area contributed by atoms with E-state index in [0.717, 1.165) is 37.4 Å². The van der Waals surface area contributed by atoms with Crippen molar-refractivity contribution in [1.82, 2.24) is 9.97 Å². The zero-order valence-corrected chi connectivity index (χ0v) is 11.6. The number of nitrogens with zero attached hydrogens (tertiary/aromatic N) is 4. The van der Waals surface area contributed by atoms with Gasteiger partial charge >= 0.3 is 0 Å². The topological polar surface area (TPSA) is 52.8 Å². The second-order valence-corrected chi connectivity index (χ2v) is 4.87. The molecule has 1 heterocycles. The van der Waals surface area contributed by atoms with E-state index in [2.05, 4.69) is 41.7 Å². The first-order valence-corrected chi connectivity index (χ1v) is 6.60. The Bertz CT molecular complexity index is 395. The van der Waals surface area contributed by atoms with Crippen molar-refractivity contribution in [1.29, 1.82) is 5.26 Å². The molecule has 98 valence electrons. The summed E-state index contributed by atoms with van der Waals surface area (Å²) in [6.07, 6.45) is 4.21. The summed E-state index contributed by atoms with van der Waals surface area (Å²) in [7, 11) is 0. The average Bonchev–Trinajstić information content (AvgIpc) is 2.35. The van der Waals surface area contributed by atoms with Crippen LogP contribution in [0.4, 0.5) is 5.82 Å². The summed E-state index contributed by atoms with van der Waals surface area (Å²) in [5.41, 5.74) is 1.08. The summed E-state index contributed by atoms with van der Waals surface area (Å²) in [6.45, 7) is 8.14. The van der Waals surface area contributed by atoms with Gasteiger partial charge in [0.1, 0.15) is 12.1 Å². The highest BCUT2D eigenvalue weighted by atomic mass is 15.2. The van der Waals surface area contributed by atoms with Gasteiger partial charge in [0.15, 0.2) is 0 Å². The largest absolute Gasteiger partial charge is 0.355 e. The van der Waals surface area contributed by atoms with Crippen LogP contribution >= 0.6 is 0 Å². The summed E-state index contributed by atoms with van der Waals surface area (Å²) >= 11 is 0. The second-order valence-electron chi connectivity index (χ2n) is 4.87. The van der Waals surface area contributed by atoms with Crippen molar-refractivity contribution in [3.8, 4) is 6.07 Å². The van der Waals surface area contributed by atoms with Crippen molar-refractivity contribution in [3.63, 3.8) is 0 Å². The molecule has 18 heavy (non-hydrogen) atoms. The van der Waals surface area contributed by atoms with Crippen molar-refractivity contribution >= 4 is 5.82 Å². The van der Waals surface area contributed by atoms with Gasteiger partial charge in [-0.15, -0.1) is 0 Å². The summed E-state index contributed by atoms with van der Waals surface area (Å²) in [5, 5.41) is 8.73. The number of rotatable bonds is 7. The van der Waals surface area contributed by atoms with Crippen LogP contribution in [-0.4, -0.2) is 23.1 Å². The van der Waals surface area contributed by atoms with Crippen molar-refractivity contribution in [2.75, 3.05) is 18.0 Å². The molecule has 0 unspecified atom stereocenters. The zero-order chi connectivity index (χ0) is 13.4. The normalized spacial score (nSPS) is 10.4. The number of aromatic nitrogens is 2. The molecule has 0 bridgehead atoms. The second kappa shape index (κ2) is 7.65. The lowest BCUT2D eigenvalue weighted by Gasteiger charge is -2.24. The van der Waals surface area contributed by atoms with E-state index >= 15 is 0 Å². The lowest BCUT2D eigenvalue weighted by Crippen LogP contribution is -2.29. The maximum Gasteiger partial charge on any atom is 0.132 e. The first-order chi connectivity index (χ1) is 8.67. The minimum absolute atomic E-state index is 0.528. The summed E-state index contributed by atoms with van der Waals surface area (Å²) in [5.74, 6) is 1.49. The third kappa shape index (κ3) is 4.70. The summed E-state index contributed by atoms with van der Waals surface area (Å²) in [4.78, 5) is 10.8. The number of nitriles is 1. The highest BCUT2D eigenvalue weighted by molar-refractivity contribution is 5.39. The van der Waals surface area contributed by atoms with Gasteiger partial charge in [-0.05, 0) is 12.3 Å². The first kappa shape index (κ1) is 14.4. The highest BCUT2D eigenvalue weighted by Gasteiger charge is 2.10. The average molecular weight is 246 g/mol. The molecule has 0 saturated carbocycles. The summed E-state index contributed by atoms with van der Waals surface area (Å²) < 4.78 is 0. The van der Waals surface area contributed by atoms with Crippen molar-refractivity contribution in [3.05, 3.63) is 18.1 Å². The van der Waals surface area contributed by atoms with Crippen LogP contribution in [0.1, 0.15) is 39.3 Å². The Labute approximate surface area is 110 Å². The fourth-order valence-electron chi connectivity index (χ4n) is 1.88. The van der Waals surface area contributed by atoms with Crippen molar-refractivity contribution < 1.29 is 0 Å². The fraction of sp³-hybridized carbons (Fsp3) is 0.643. The van der Waals surface area contributed by atoms with Crippen LogP contribution in [-0.2, 0) is 6.42 Å². The van der Waals surface area contributed by atoms with Gasteiger partial charge in [-0.3, -0.25) is 0 Å². The Kier molecular flexibility index (Phi) is 6.13. The number of hydrogen-bond acceptors (Lipinski definition) is 4. The Hall–Kier alpha value is -1.63. The lowest BCUT2D eigenvalue weighted by atomic mass is 10.2. The van der Waals surface area contributed by atoms with Crippen LogP contribution in [0.15, 0.2) is 12.4 Å². The van der Waals surface area contributed by atoms with Gasteiger partial charge in [0.05, 0.1) is 12.5 Å². The van der Waals surface area contributed by atoms with E-state index in [9.17, 15) is 0 Å². The fourth-order valence-corrected chi connectivity index (χ4v) is 1.88. The van der Waals surface area contributed by atoms with E-state index in [1.807, 2.05) is 6.07 Å². The Morgan fingerprint density at radius 1 is 1.39 bits per heavy atom. The Morgan fingerprint density at radius 3 is 2.78 bits per heavy atom. The molecular formula is C14H22N4. The lowest BCUT2D eigenvalue weighted by molar-refractivity contribution is 0.606. The molecule has 0 aromatic carbocycles. The molecule has 0 N–H and O–H groups in total. The SMILES string of the molecule is CCCc1cc(N(CCC#N)CC(C)C)ncn1. The third-order valence-electron chi connectivity index (χ3n) is 2.62. The molecule has 0 spiro atoms. The molecule has 4 nitrogen and oxygen atoms in total. The molecule has 0 aliphatic carbocycles. The monoisotopic (exact) mass is 246 g/mol. The van der Waals surface area contributed by atoms with Crippen LogP contribution in [0.3, 0.4) is 0 Å². The van der Waals surface area contributed by atoms with Gasteiger partial charge in [0, 0.05) is 24.8 Å². The Balaban J connectivity index is 2.82. The molecule has 0 aliphatic heterocycles. The third-order valence-corrected chi connectivity index (χ3v) is 2.62. The van der Waals surface area contributed by atoms with Gasteiger partial charge in [-0.25, -0.2) is 9.97 Å². The predicted molar refractivity (Wildman–Crippen MR) is 73.3 cm³/mol. The molecule has 1 rings (SSSR count). The van der Waals surface area contributed by atoms with E-state index < -0.39 is 0 Å². The van der Waals surface area contributed by atoms with Crippen LogP contribution in [0, 0.1) is 17.2 Å². The van der Waals surface area contributed by atoms with Gasteiger partial charge in [-0.1, -0.05) is 27.2 Å². The first-order valence-electron chi connectivity index (χ1n) is 6.60. The standard InChI is InChI=1S/C14H22N4/c1-4-6-13-9-14(17-11-16-13)18(8-5-7-15)10-12(2)3/h9,11-12H,4-6,8,10H2,1-3H3. The van der Waals surface area contributed by atoms with E-state index in [1.54, 1.807) is 6.33 Å². The van der Waals surface area contributed by atoms with Crippen molar-refractivity contribution in [2.24, 2.45) is 5.92 Å². The van der Waals surface area contributed by atoms with Crippen LogP contribution < -0.4 is 4.90 Å². The van der Waals surface area contributed by atoms with E-state index in [1.165, 1.54) is 0 Å². The van der Waals surface area contributed by atoms with Gasteiger partial charge in [0.25, 0.3) is 0 Å². The molecule has 4 heteroatoms. The molecule has 1 aromatic heterocycles. The van der Waals surface area contributed by atoms with Crippen molar-refractivity contribution in [2.45, 2.75) is 40.0 Å². The number of aryl methyl sites for hydroxylation is 1. The van der Waals surface area contributed by atoms with Crippen LogP contribution in [0.2, 0.25) is 0 Å². The molecule has 0 aliphatic rings. The highest BCUT2D eigenvalue weighted by Crippen LogP contribution is 2.14. The molecule has 1 aromatic rings. The van der Waals surface area contributed by atoms with E-state index in [4.69, 9.17) is 5.26 Å². The molecule has 0 amide bonds. The van der Waals surface area contributed by atoms with Gasteiger partial charge < -0.3 is 4.90 Å². The Morgan fingerprint density at radius 2 is 2.17 bits per heavy atom. The van der Waals surface area contributed by atoms with E-state index in [0.29, 0.717) is 12.3 Å². The minimum atomic E-state index is 0.528. The predicted octanol–water partition coefficient (Wildman–Crippen LogP) is 2.81. The molecule has 0 radical (unpaired) electrons. The number of hydrogen-bond donors (Lipinski definition) is 0. The maximum absolute atomic E-state index is 8.73. The number of anilines is 1. The molecule has 0 saturated heterocycles. The molecular weight excluding hydrogens is 224 g/mol. The maximum atomic E-state index is 8.73.